The van der Waals surface area contributed by atoms with E-state index < -0.39 is 27.7 Å². The molecule has 0 spiro atoms. The van der Waals surface area contributed by atoms with E-state index in [1.54, 1.807) is 27.7 Å². The van der Waals surface area contributed by atoms with Crippen molar-refractivity contribution in [2.75, 3.05) is 5.32 Å². The summed E-state index contributed by atoms with van der Waals surface area (Å²) in [7, 11) is -3.75. The third-order valence-electron chi connectivity index (χ3n) is 4.63. The Hall–Kier alpha value is -2.50. The molecule has 0 fully saturated rings. The smallest absolute Gasteiger partial charge is 0.298 e. The number of nitrogens with one attached hydrogen (secondary N) is 1. The van der Waals surface area contributed by atoms with E-state index in [4.69, 9.17) is 0 Å². The number of hydrogen-bond acceptors (Lipinski definition) is 5. The van der Waals surface area contributed by atoms with E-state index in [0.717, 1.165) is 29.5 Å². The molecular weight excluding hydrogens is 463 g/mol. The zero-order chi connectivity index (χ0) is 23.8. The van der Waals surface area contributed by atoms with Crippen LogP contribution in [0.5, 0.6) is 0 Å². The maximum absolute atomic E-state index is 13.1. The SMILES string of the molecule is CC(C)N(C(C)C)S(=O)(=O)c1ccc2nc(NC(=O)c3cccc(C(F)(F)F)c3)sc2c1. The minimum absolute atomic E-state index is 0.104. The molecule has 1 heterocycles. The molecule has 172 valence electrons. The molecular formula is C21H22F3N3O3S2. The molecule has 6 nitrogen and oxygen atoms in total. The Morgan fingerprint density at radius 3 is 2.31 bits per heavy atom. The summed E-state index contributed by atoms with van der Waals surface area (Å²) in [6, 6.07) is 8.08. The van der Waals surface area contributed by atoms with Gasteiger partial charge in [0.2, 0.25) is 10.0 Å². The average molecular weight is 486 g/mol. The highest BCUT2D eigenvalue weighted by Crippen LogP contribution is 2.32. The monoisotopic (exact) mass is 485 g/mol. The molecule has 0 saturated carbocycles. The van der Waals surface area contributed by atoms with E-state index in [0.29, 0.717) is 10.2 Å². The van der Waals surface area contributed by atoms with Gasteiger partial charge in [0, 0.05) is 17.6 Å². The van der Waals surface area contributed by atoms with Crippen LogP contribution in [0.4, 0.5) is 18.3 Å². The number of halogens is 3. The van der Waals surface area contributed by atoms with Crippen LogP contribution in [0.3, 0.4) is 0 Å². The first-order chi connectivity index (χ1) is 14.8. The van der Waals surface area contributed by atoms with Gasteiger partial charge in [-0.3, -0.25) is 10.1 Å². The number of alkyl halides is 3. The molecule has 0 aliphatic heterocycles. The topological polar surface area (TPSA) is 79.4 Å². The normalized spacial score (nSPS) is 12.8. The summed E-state index contributed by atoms with van der Waals surface area (Å²) >= 11 is 1.04. The minimum Gasteiger partial charge on any atom is -0.298 e. The number of anilines is 1. The second-order valence-electron chi connectivity index (χ2n) is 7.70. The highest BCUT2D eigenvalue weighted by Gasteiger charge is 2.31. The molecule has 0 aliphatic rings. The molecule has 11 heteroatoms. The highest BCUT2D eigenvalue weighted by atomic mass is 32.2. The van der Waals surface area contributed by atoms with Crippen LogP contribution in [-0.4, -0.2) is 35.7 Å². The van der Waals surface area contributed by atoms with Crippen molar-refractivity contribution in [1.82, 2.24) is 9.29 Å². The zero-order valence-electron chi connectivity index (χ0n) is 17.8. The van der Waals surface area contributed by atoms with Crippen LogP contribution in [0.15, 0.2) is 47.4 Å². The number of aromatic nitrogens is 1. The van der Waals surface area contributed by atoms with E-state index in [9.17, 15) is 26.4 Å². The minimum atomic E-state index is -4.56. The maximum atomic E-state index is 13.1. The highest BCUT2D eigenvalue weighted by molar-refractivity contribution is 7.89. The van der Waals surface area contributed by atoms with Crippen LogP contribution in [0.25, 0.3) is 10.2 Å². The van der Waals surface area contributed by atoms with E-state index in [-0.39, 0.29) is 27.7 Å². The van der Waals surface area contributed by atoms with Gasteiger partial charge < -0.3 is 0 Å². The summed E-state index contributed by atoms with van der Waals surface area (Å²) in [5.41, 5.74) is -0.620. The number of benzene rings is 2. The summed E-state index contributed by atoms with van der Waals surface area (Å²) in [6.45, 7) is 7.18. The lowest BCUT2D eigenvalue weighted by Crippen LogP contribution is -2.41. The Balaban J connectivity index is 1.89. The Morgan fingerprint density at radius 1 is 1.06 bits per heavy atom. The molecule has 1 N–H and O–H groups in total. The summed E-state index contributed by atoms with van der Waals surface area (Å²) in [6.07, 6.45) is -4.56. The van der Waals surface area contributed by atoms with Gasteiger partial charge in [0.1, 0.15) is 0 Å². The van der Waals surface area contributed by atoms with Gasteiger partial charge in [-0.1, -0.05) is 17.4 Å². The van der Waals surface area contributed by atoms with Crippen LogP contribution in [-0.2, 0) is 16.2 Å². The maximum Gasteiger partial charge on any atom is 0.416 e. The Labute approximate surface area is 188 Å². The molecule has 0 bridgehead atoms. The number of rotatable bonds is 6. The molecule has 1 amide bonds. The number of sulfonamides is 1. The summed E-state index contributed by atoms with van der Waals surface area (Å²) in [4.78, 5) is 16.8. The number of hydrogen-bond donors (Lipinski definition) is 1. The molecule has 0 radical (unpaired) electrons. The second kappa shape index (κ2) is 8.80. The quantitative estimate of drug-likeness (QED) is 0.509. The van der Waals surface area contributed by atoms with Gasteiger partial charge >= 0.3 is 6.18 Å². The summed E-state index contributed by atoms with van der Waals surface area (Å²) in [5, 5.41) is 2.64. The van der Waals surface area contributed by atoms with Crippen LogP contribution < -0.4 is 5.32 Å². The second-order valence-corrected chi connectivity index (χ2v) is 10.6. The largest absolute Gasteiger partial charge is 0.416 e. The predicted molar refractivity (Wildman–Crippen MR) is 118 cm³/mol. The van der Waals surface area contributed by atoms with Crippen molar-refractivity contribution in [3.8, 4) is 0 Å². The molecule has 0 saturated heterocycles. The Morgan fingerprint density at radius 2 is 1.72 bits per heavy atom. The van der Waals surface area contributed by atoms with Crippen molar-refractivity contribution in [3.63, 3.8) is 0 Å². The molecule has 0 atom stereocenters. The van der Waals surface area contributed by atoms with E-state index in [1.165, 1.54) is 28.6 Å². The third kappa shape index (κ3) is 4.94. The molecule has 2 aromatic carbocycles. The fourth-order valence-corrected chi connectivity index (χ4v) is 6.23. The van der Waals surface area contributed by atoms with Crippen LogP contribution >= 0.6 is 11.3 Å². The van der Waals surface area contributed by atoms with E-state index in [2.05, 4.69) is 10.3 Å². The number of carbonyl (C=O) groups is 1. The molecule has 3 aromatic rings. The van der Waals surface area contributed by atoms with Gasteiger partial charge in [0.15, 0.2) is 5.13 Å². The van der Waals surface area contributed by atoms with Crippen molar-refractivity contribution in [2.24, 2.45) is 0 Å². The number of nitrogens with zero attached hydrogens (tertiary/aromatic N) is 2. The van der Waals surface area contributed by atoms with Crippen LogP contribution in [0, 0.1) is 0 Å². The van der Waals surface area contributed by atoms with Crippen molar-refractivity contribution >= 4 is 42.6 Å². The van der Waals surface area contributed by atoms with Crippen molar-refractivity contribution in [1.29, 1.82) is 0 Å². The lowest BCUT2D eigenvalue weighted by Gasteiger charge is -2.29. The van der Waals surface area contributed by atoms with Gasteiger partial charge in [-0.25, -0.2) is 13.4 Å². The van der Waals surface area contributed by atoms with Gasteiger partial charge in [-0.05, 0) is 64.1 Å². The number of amides is 1. The molecule has 32 heavy (non-hydrogen) atoms. The van der Waals surface area contributed by atoms with Crippen molar-refractivity contribution in [2.45, 2.75) is 50.9 Å². The van der Waals surface area contributed by atoms with Crippen LogP contribution in [0.2, 0.25) is 0 Å². The fraction of sp³-hybridized carbons (Fsp3) is 0.333. The number of thiazole rings is 1. The lowest BCUT2D eigenvalue weighted by molar-refractivity contribution is -0.137. The molecule has 0 unspecified atom stereocenters. The first kappa shape index (κ1) is 24.1. The van der Waals surface area contributed by atoms with Crippen molar-refractivity contribution < 1.29 is 26.4 Å². The first-order valence-corrected chi connectivity index (χ1v) is 12.0. The Kier molecular flexibility index (Phi) is 6.64. The predicted octanol–water partition coefficient (Wildman–Crippen LogP) is 5.37. The van der Waals surface area contributed by atoms with Gasteiger partial charge in [-0.2, -0.15) is 17.5 Å². The van der Waals surface area contributed by atoms with E-state index in [1.807, 2.05) is 0 Å². The van der Waals surface area contributed by atoms with Crippen molar-refractivity contribution in [3.05, 3.63) is 53.6 Å². The average Bonchev–Trinajstić information content (AvgIpc) is 3.07. The van der Waals surface area contributed by atoms with Gasteiger partial charge in [0.05, 0.1) is 20.7 Å². The zero-order valence-corrected chi connectivity index (χ0v) is 19.4. The molecule has 3 rings (SSSR count). The lowest BCUT2D eigenvalue weighted by atomic mass is 10.1. The third-order valence-corrected chi connectivity index (χ3v) is 7.81. The Bertz CT molecular complexity index is 1240. The first-order valence-electron chi connectivity index (χ1n) is 9.73. The molecule has 1 aromatic heterocycles. The summed E-state index contributed by atoms with van der Waals surface area (Å²) < 4.78 is 66.8. The standard InChI is InChI=1S/C21H22F3N3O3S2/c1-12(2)27(13(3)4)32(29,30)16-8-9-17-18(11-16)31-20(25-17)26-19(28)14-6-5-7-15(10-14)21(22,23)24/h5-13H,1-4H3,(H,25,26,28). The van der Waals surface area contributed by atoms with Gasteiger partial charge in [-0.15, -0.1) is 0 Å². The number of carbonyl (C=O) groups excluding carboxylic acids is 1. The van der Waals surface area contributed by atoms with Crippen LogP contribution in [0.1, 0.15) is 43.6 Å². The number of fused-ring (bicyclic) bond motifs is 1. The van der Waals surface area contributed by atoms with E-state index >= 15 is 0 Å². The fourth-order valence-electron chi connectivity index (χ4n) is 3.40. The summed E-state index contributed by atoms with van der Waals surface area (Å²) in [5.74, 6) is -0.742. The molecule has 0 aliphatic carbocycles. The van der Waals surface area contributed by atoms with Gasteiger partial charge in [0.25, 0.3) is 5.91 Å².